The van der Waals surface area contributed by atoms with Crippen molar-refractivity contribution >= 4 is 78.0 Å². The van der Waals surface area contributed by atoms with E-state index in [0.29, 0.717) is 0 Å². The fraction of sp³-hybridized carbons (Fsp3) is 0.360. The monoisotopic (exact) mass is 724 g/mol. The van der Waals surface area contributed by atoms with Crippen molar-refractivity contribution in [2.24, 2.45) is 0 Å². The van der Waals surface area contributed by atoms with Gasteiger partial charge in [0, 0.05) is 37.6 Å². The molecule has 0 spiro atoms. The van der Waals surface area contributed by atoms with Gasteiger partial charge in [-0.1, -0.05) is 104 Å². The second-order valence-electron chi connectivity index (χ2n) is 19.6. The largest absolute Gasteiger partial charge is 0.311 e. The lowest BCUT2D eigenvalue weighted by Crippen LogP contribution is -2.61. The van der Waals surface area contributed by atoms with Crippen LogP contribution in [0.1, 0.15) is 114 Å². The first-order valence-corrected chi connectivity index (χ1v) is 21.1. The molecule has 0 atom stereocenters. The molecule has 0 unspecified atom stereocenters. The van der Waals surface area contributed by atoms with Gasteiger partial charge in [-0.05, 0) is 148 Å². The summed E-state index contributed by atoms with van der Waals surface area (Å²) in [5.74, 6) is 0. The first-order valence-electron chi connectivity index (χ1n) is 20.2. The van der Waals surface area contributed by atoms with Crippen LogP contribution in [-0.2, 0) is 21.7 Å². The number of fused-ring (bicyclic) bond motifs is 8. The number of aryl methyl sites for hydroxylation is 2. The highest BCUT2D eigenvalue weighted by atomic mass is 32.1. The number of para-hydroxylation sites is 2. The van der Waals surface area contributed by atoms with Crippen LogP contribution < -0.4 is 25.5 Å². The summed E-state index contributed by atoms with van der Waals surface area (Å²) in [6.07, 6.45) is 4.83. The summed E-state index contributed by atoms with van der Waals surface area (Å²) in [4.78, 5) is 5.27. The van der Waals surface area contributed by atoms with E-state index in [2.05, 4.69) is 181 Å². The third kappa shape index (κ3) is 4.65. The number of hydrogen-bond donors (Lipinski definition) is 0. The third-order valence-corrected chi connectivity index (χ3v) is 15.4. The molecule has 2 aliphatic carbocycles. The van der Waals surface area contributed by atoms with Gasteiger partial charge in [-0.15, -0.1) is 11.3 Å². The van der Waals surface area contributed by atoms with E-state index in [1.807, 2.05) is 0 Å². The van der Waals surface area contributed by atoms with Gasteiger partial charge < -0.3 is 9.80 Å². The Labute approximate surface area is 327 Å². The minimum absolute atomic E-state index is 0.104. The van der Waals surface area contributed by atoms with Gasteiger partial charge in [0.05, 0.1) is 11.4 Å². The molecule has 4 aliphatic rings. The number of benzene rings is 5. The van der Waals surface area contributed by atoms with E-state index >= 15 is 0 Å². The maximum atomic E-state index is 2.68. The van der Waals surface area contributed by atoms with Crippen molar-refractivity contribution in [1.29, 1.82) is 0 Å². The fourth-order valence-corrected chi connectivity index (χ4v) is 12.1. The number of hydrogen-bond acceptors (Lipinski definition) is 3. The zero-order valence-corrected chi connectivity index (χ0v) is 34.7. The highest BCUT2D eigenvalue weighted by Gasteiger charge is 2.48. The Balaban J connectivity index is 1.36. The second kappa shape index (κ2) is 11.2. The number of nitrogens with zero attached hydrogens (tertiary/aromatic N) is 2. The first kappa shape index (κ1) is 34.2. The van der Waals surface area contributed by atoms with Crippen molar-refractivity contribution in [3.8, 4) is 0 Å². The van der Waals surface area contributed by atoms with Crippen LogP contribution in [0, 0.1) is 13.8 Å². The highest BCUT2D eigenvalue weighted by Crippen LogP contribution is 2.54. The highest BCUT2D eigenvalue weighted by molar-refractivity contribution is 7.33. The minimum atomic E-state index is 0.104. The first-order chi connectivity index (χ1) is 25.6. The molecule has 272 valence electrons. The van der Waals surface area contributed by atoms with Gasteiger partial charge in [0.1, 0.15) is 0 Å². The Morgan fingerprint density at radius 2 is 1.04 bits per heavy atom. The Morgan fingerprint density at radius 3 is 1.65 bits per heavy atom. The predicted octanol–water partition coefficient (Wildman–Crippen LogP) is 12.3. The van der Waals surface area contributed by atoms with Crippen LogP contribution in [0.5, 0.6) is 0 Å². The van der Waals surface area contributed by atoms with E-state index in [0.717, 1.165) is 0 Å². The summed E-state index contributed by atoms with van der Waals surface area (Å²) in [6, 6.07) is 35.6. The van der Waals surface area contributed by atoms with E-state index in [1.54, 1.807) is 0 Å². The molecular formula is C50H53BN2S. The Morgan fingerprint density at radius 1 is 0.519 bits per heavy atom. The lowest BCUT2D eigenvalue weighted by molar-refractivity contribution is 0.332. The average Bonchev–Trinajstić information content (AvgIpc) is 3.50. The van der Waals surface area contributed by atoms with Crippen LogP contribution in [0.2, 0.25) is 0 Å². The molecule has 2 nitrogen and oxygen atoms in total. The summed E-state index contributed by atoms with van der Waals surface area (Å²) in [6.45, 7) is 24.5. The molecule has 5 aromatic carbocycles. The number of anilines is 6. The van der Waals surface area contributed by atoms with Gasteiger partial charge in [0.2, 0.25) is 0 Å². The molecular weight excluding hydrogens is 671 g/mol. The summed E-state index contributed by atoms with van der Waals surface area (Å²) < 4.78 is 2.89. The van der Waals surface area contributed by atoms with Crippen molar-refractivity contribution < 1.29 is 0 Å². The van der Waals surface area contributed by atoms with Crippen LogP contribution in [-0.4, -0.2) is 6.71 Å². The van der Waals surface area contributed by atoms with Crippen molar-refractivity contribution in [1.82, 2.24) is 0 Å². The number of thiophene rings is 1. The number of rotatable bonds is 2. The van der Waals surface area contributed by atoms with Gasteiger partial charge in [-0.3, -0.25) is 0 Å². The maximum absolute atomic E-state index is 2.68. The molecule has 0 amide bonds. The molecule has 0 N–H and O–H groups in total. The summed E-state index contributed by atoms with van der Waals surface area (Å²) >= 11 is 2.05. The second-order valence-corrected chi connectivity index (χ2v) is 20.7. The Kier molecular flexibility index (Phi) is 7.07. The minimum Gasteiger partial charge on any atom is -0.311 e. The van der Waals surface area contributed by atoms with Gasteiger partial charge in [-0.2, -0.15) is 0 Å². The van der Waals surface area contributed by atoms with Crippen LogP contribution >= 0.6 is 11.3 Å². The third-order valence-electron chi connectivity index (χ3n) is 14.2. The van der Waals surface area contributed by atoms with Gasteiger partial charge >= 0.3 is 0 Å². The van der Waals surface area contributed by atoms with Crippen molar-refractivity contribution in [3.05, 3.63) is 124 Å². The van der Waals surface area contributed by atoms with E-state index in [4.69, 9.17) is 0 Å². The standard InChI is InChI=1S/C50H53BN2S/c1-30-16-14-17-31(2)44(30)53-40-21-15-20-39-43(40)51(38-27-35-36(28-41(38)53)49(7,8)24-23-48(35,5)6)46-45(52(39)32-18-12-11-13-19-32)33-26-34-37(29-42(33)54-46)50(9,10)25-22-47(34,3)4/h11-21,26-29H,22-25H2,1-10H3. The Bertz CT molecular complexity index is 2530. The van der Waals surface area contributed by atoms with Crippen molar-refractivity contribution in [2.45, 2.75) is 117 Å². The molecule has 0 fully saturated rings. The summed E-state index contributed by atoms with van der Waals surface area (Å²) in [5.41, 5.74) is 20.0. The fourth-order valence-electron chi connectivity index (χ4n) is 10.8. The smallest absolute Gasteiger partial charge is 0.264 e. The van der Waals surface area contributed by atoms with Crippen molar-refractivity contribution in [2.75, 3.05) is 9.80 Å². The zero-order valence-electron chi connectivity index (χ0n) is 33.9. The van der Waals surface area contributed by atoms with Gasteiger partial charge in [-0.25, -0.2) is 0 Å². The normalized spacial score (nSPS) is 19.5. The van der Waals surface area contributed by atoms with Gasteiger partial charge in [0.15, 0.2) is 0 Å². The summed E-state index contributed by atoms with van der Waals surface area (Å²) in [5, 5.41) is 1.40. The topological polar surface area (TPSA) is 6.48 Å². The molecule has 0 radical (unpaired) electrons. The predicted molar refractivity (Wildman–Crippen MR) is 236 cm³/mol. The van der Waals surface area contributed by atoms with E-state index in [9.17, 15) is 0 Å². The maximum Gasteiger partial charge on any atom is 0.264 e. The van der Waals surface area contributed by atoms with E-state index in [1.165, 1.54) is 119 Å². The van der Waals surface area contributed by atoms with Crippen LogP contribution in [0.25, 0.3) is 10.1 Å². The summed E-state index contributed by atoms with van der Waals surface area (Å²) in [7, 11) is 0. The van der Waals surface area contributed by atoms with E-state index < -0.39 is 0 Å². The molecule has 1 aromatic heterocycles. The zero-order chi connectivity index (χ0) is 37.7. The SMILES string of the molecule is Cc1cccc(C)c1N1c2cc3c(cc2B2c4sc5cc6c(cc5c4N(c4ccccc4)c4cccc1c42)C(C)(C)CCC6(C)C)C(C)(C)CCC3(C)C. The molecule has 0 saturated heterocycles. The van der Waals surface area contributed by atoms with Gasteiger partial charge in [0.25, 0.3) is 6.71 Å². The lowest BCUT2D eigenvalue weighted by Gasteiger charge is -2.47. The average molecular weight is 725 g/mol. The quantitative estimate of drug-likeness (QED) is 0.164. The molecule has 10 rings (SSSR count). The van der Waals surface area contributed by atoms with Crippen molar-refractivity contribution in [3.63, 3.8) is 0 Å². The van der Waals surface area contributed by atoms with Crippen LogP contribution in [0.15, 0.2) is 91.0 Å². The molecule has 54 heavy (non-hydrogen) atoms. The molecule has 4 heteroatoms. The Hall–Kier alpha value is -4.28. The van der Waals surface area contributed by atoms with Crippen LogP contribution in [0.3, 0.4) is 0 Å². The molecule has 0 saturated carbocycles. The van der Waals surface area contributed by atoms with Crippen LogP contribution in [0.4, 0.5) is 34.1 Å². The van der Waals surface area contributed by atoms with E-state index in [-0.39, 0.29) is 28.4 Å². The molecule has 3 heterocycles. The molecule has 6 aromatic rings. The molecule has 0 bridgehead atoms. The molecule has 2 aliphatic heterocycles. The lowest BCUT2D eigenvalue weighted by atomic mass is 9.35.